The molecule has 1 N–H and O–H groups in total. The lowest BCUT2D eigenvalue weighted by Crippen LogP contribution is -2.33. The normalized spacial score (nSPS) is 16.0. The first-order valence-corrected chi connectivity index (χ1v) is 8.79. The van der Waals surface area contributed by atoms with Crippen molar-refractivity contribution in [3.05, 3.63) is 51.9 Å². The minimum atomic E-state index is -1.13. The summed E-state index contributed by atoms with van der Waals surface area (Å²) in [4.78, 5) is 24.7. The molecule has 26 heavy (non-hydrogen) atoms. The number of thioether (sulfide) groups is 1. The number of aliphatic carboxylic acids is 1. The molecule has 1 aromatic heterocycles. The Kier molecular flexibility index (Phi) is 4.92. The smallest absolute Gasteiger partial charge is 0.323 e. The zero-order valence-corrected chi connectivity index (χ0v) is 15.5. The number of hydrogen-bond donors (Lipinski definition) is 1. The lowest BCUT2D eigenvalue weighted by atomic mass is 10.1. The second-order valence-electron chi connectivity index (χ2n) is 5.63. The summed E-state index contributed by atoms with van der Waals surface area (Å²) in [7, 11) is 0. The number of carboxylic acid groups (broad SMARTS) is 1. The quantitative estimate of drug-likeness (QED) is 0.638. The molecule has 2 aromatic rings. The zero-order valence-electron chi connectivity index (χ0n) is 13.9. The van der Waals surface area contributed by atoms with Crippen LogP contribution in [0.3, 0.4) is 0 Å². The standard InChI is InChI=1S/C17H14FN3O3S2/c1-9-13(7-14-16(24)20(8-15(22)23)17(25)26-14)10(2)21(19-9)12-5-3-11(18)4-6-12/h3-7H,8H2,1-2H3,(H,22,23)/b14-7-. The number of halogens is 1. The van der Waals surface area contributed by atoms with Gasteiger partial charge >= 0.3 is 5.97 Å². The van der Waals surface area contributed by atoms with Gasteiger partial charge in [-0.2, -0.15) is 5.10 Å². The largest absolute Gasteiger partial charge is 0.480 e. The van der Waals surface area contributed by atoms with E-state index in [9.17, 15) is 14.0 Å². The van der Waals surface area contributed by atoms with Crippen LogP contribution in [0.25, 0.3) is 11.8 Å². The number of carboxylic acids is 1. The molecule has 1 amide bonds. The number of amides is 1. The molecule has 9 heteroatoms. The highest BCUT2D eigenvalue weighted by atomic mass is 32.2. The van der Waals surface area contributed by atoms with Crippen molar-refractivity contribution in [2.45, 2.75) is 13.8 Å². The third kappa shape index (κ3) is 3.40. The predicted octanol–water partition coefficient (Wildman–Crippen LogP) is 2.91. The number of hydrogen-bond acceptors (Lipinski definition) is 5. The van der Waals surface area contributed by atoms with Gasteiger partial charge in [-0.05, 0) is 44.2 Å². The van der Waals surface area contributed by atoms with Crippen LogP contribution in [0.15, 0.2) is 29.2 Å². The molecular weight excluding hydrogens is 377 g/mol. The molecule has 134 valence electrons. The fourth-order valence-corrected chi connectivity index (χ4v) is 3.84. The van der Waals surface area contributed by atoms with Gasteiger partial charge in [0.05, 0.1) is 16.3 Å². The van der Waals surface area contributed by atoms with Gasteiger partial charge < -0.3 is 5.11 Å². The van der Waals surface area contributed by atoms with Crippen LogP contribution in [0.5, 0.6) is 0 Å². The van der Waals surface area contributed by atoms with Crippen molar-refractivity contribution in [3.63, 3.8) is 0 Å². The van der Waals surface area contributed by atoms with E-state index < -0.39 is 18.4 Å². The highest BCUT2D eigenvalue weighted by Gasteiger charge is 2.33. The minimum absolute atomic E-state index is 0.213. The summed E-state index contributed by atoms with van der Waals surface area (Å²) in [5.41, 5.74) is 2.91. The van der Waals surface area contributed by atoms with Gasteiger partial charge in [-0.3, -0.25) is 14.5 Å². The Hall–Kier alpha value is -2.52. The zero-order chi connectivity index (χ0) is 19.0. The Morgan fingerprint density at radius 1 is 1.35 bits per heavy atom. The van der Waals surface area contributed by atoms with Gasteiger partial charge in [-0.1, -0.05) is 24.0 Å². The van der Waals surface area contributed by atoms with Crippen LogP contribution in [0.4, 0.5) is 4.39 Å². The molecule has 0 saturated carbocycles. The number of benzene rings is 1. The van der Waals surface area contributed by atoms with E-state index in [1.54, 1.807) is 29.8 Å². The average Bonchev–Trinajstić information content (AvgIpc) is 3.00. The Morgan fingerprint density at radius 2 is 2.00 bits per heavy atom. The second kappa shape index (κ2) is 7.00. The molecule has 1 fully saturated rings. The Labute approximate surface area is 158 Å². The highest BCUT2D eigenvalue weighted by Crippen LogP contribution is 2.33. The van der Waals surface area contributed by atoms with Crippen molar-refractivity contribution in [3.8, 4) is 5.69 Å². The molecule has 0 bridgehead atoms. The molecule has 0 unspecified atom stereocenters. The summed E-state index contributed by atoms with van der Waals surface area (Å²) in [6.45, 7) is 3.18. The van der Waals surface area contributed by atoms with E-state index in [1.807, 2.05) is 6.92 Å². The Morgan fingerprint density at radius 3 is 2.62 bits per heavy atom. The molecule has 2 heterocycles. The molecule has 0 spiro atoms. The summed E-state index contributed by atoms with van der Waals surface area (Å²) in [5, 5.41) is 13.4. The third-order valence-electron chi connectivity index (χ3n) is 3.86. The molecule has 0 aliphatic carbocycles. The second-order valence-corrected chi connectivity index (χ2v) is 7.31. The summed E-state index contributed by atoms with van der Waals surface area (Å²) < 4.78 is 15.0. The molecule has 0 atom stereocenters. The van der Waals surface area contributed by atoms with E-state index in [0.29, 0.717) is 16.3 Å². The molecule has 0 radical (unpaired) electrons. The number of thiocarbonyl (C=S) groups is 1. The van der Waals surface area contributed by atoms with Gasteiger partial charge in [0.25, 0.3) is 5.91 Å². The summed E-state index contributed by atoms with van der Waals surface area (Å²) in [6, 6.07) is 5.93. The number of carbonyl (C=O) groups excluding carboxylic acids is 1. The lowest BCUT2D eigenvalue weighted by Gasteiger charge is -2.10. The van der Waals surface area contributed by atoms with Crippen LogP contribution < -0.4 is 0 Å². The number of carbonyl (C=O) groups is 2. The van der Waals surface area contributed by atoms with Gasteiger partial charge in [-0.25, -0.2) is 9.07 Å². The fourth-order valence-electron chi connectivity index (χ4n) is 2.60. The van der Waals surface area contributed by atoms with E-state index in [-0.39, 0.29) is 10.1 Å². The van der Waals surface area contributed by atoms with Gasteiger partial charge in [-0.15, -0.1) is 0 Å². The van der Waals surface area contributed by atoms with Crippen LogP contribution in [0, 0.1) is 19.7 Å². The van der Waals surface area contributed by atoms with Crippen molar-refractivity contribution in [2.75, 3.05) is 6.54 Å². The molecule has 1 aromatic carbocycles. The number of rotatable bonds is 4. The summed E-state index contributed by atoms with van der Waals surface area (Å²) in [6.07, 6.45) is 1.67. The minimum Gasteiger partial charge on any atom is -0.480 e. The monoisotopic (exact) mass is 391 g/mol. The van der Waals surface area contributed by atoms with Crippen molar-refractivity contribution in [1.82, 2.24) is 14.7 Å². The number of aromatic nitrogens is 2. The van der Waals surface area contributed by atoms with E-state index in [1.165, 1.54) is 12.1 Å². The molecule has 1 saturated heterocycles. The maximum Gasteiger partial charge on any atom is 0.323 e. The van der Waals surface area contributed by atoms with Gasteiger partial charge in [0, 0.05) is 11.3 Å². The van der Waals surface area contributed by atoms with Crippen LogP contribution in [0.1, 0.15) is 17.0 Å². The summed E-state index contributed by atoms with van der Waals surface area (Å²) >= 11 is 6.16. The van der Waals surface area contributed by atoms with Crippen LogP contribution in [0.2, 0.25) is 0 Å². The van der Waals surface area contributed by atoms with Crippen molar-refractivity contribution < 1.29 is 19.1 Å². The van der Waals surface area contributed by atoms with Crippen LogP contribution >= 0.6 is 24.0 Å². The van der Waals surface area contributed by atoms with Gasteiger partial charge in [0.15, 0.2) is 0 Å². The Bertz CT molecular complexity index is 951. The van der Waals surface area contributed by atoms with Crippen LogP contribution in [-0.4, -0.2) is 42.5 Å². The van der Waals surface area contributed by atoms with E-state index in [2.05, 4.69) is 5.10 Å². The fraction of sp³-hybridized carbons (Fsp3) is 0.176. The van der Waals surface area contributed by atoms with Crippen molar-refractivity contribution in [1.29, 1.82) is 0 Å². The third-order valence-corrected chi connectivity index (χ3v) is 5.24. The van der Waals surface area contributed by atoms with Crippen molar-refractivity contribution >= 4 is 46.3 Å². The molecule has 1 aliphatic heterocycles. The maximum atomic E-state index is 13.1. The Balaban J connectivity index is 1.97. The molecule has 1 aliphatic rings. The highest BCUT2D eigenvalue weighted by molar-refractivity contribution is 8.26. The molecule has 6 nitrogen and oxygen atoms in total. The van der Waals surface area contributed by atoms with E-state index in [0.717, 1.165) is 27.9 Å². The molecular formula is C17H14FN3O3S2. The predicted molar refractivity (Wildman–Crippen MR) is 101 cm³/mol. The lowest BCUT2D eigenvalue weighted by molar-refractivity contribution is -0.140. The first kappa shape index (κ1) is 18.3. The van der Waals surface area contributed by atoms with Crippen LogP contribution in [-0.2, 0) is 9.59 Å². The van der Waals surface area contributed by atoms with Crippen molar-refractivity contribution in [2.24, 2.45) is 0 Å². The van der Waals surface area contributed by atoms with E-state index in [4.69, 9.17) is 17.3 Å². The number of aryl methyl sites for hydroxylation is 1. The van der Waals surface area contributed by atoms with Gasteiger partial charge in [0.1, 0.15) is 16.7 Å². The topological polar surface area (TPSA) is 75.4 Å². The SMILES string of the molecule is Cc1nn(-c2ccc(F)cc2)c(C)c1/C=C1\SC(=S)N(CC(=O)O)C1=O. The summed E-state index contributed by atoms with van der Waals surface area (Å²) in [5.74, 6) is -1.90. The first-order valence-electron chi connectivity index (χ1n) is 7.57. The van der Waals surface area contributed by atoms with E-state index >= 15 is 0 Å². The maximum absolute atomic E-state index is 13.1. The molecule has 3 rings (SSSR count). The van der Waals surface area contributed by atoms with Gasteiger partial charge in [0.2, 0.25) is 0 Å². The first-order chi connectivity index (χ1) is 12.3. The average molecular weight is 391 g/mol. The number of nitrogens with zero attached hydrogens (tertiary/aromatic N) is 3.